The van der Waals surface area contributed by atoms with E-state index in [1.165, 1.54) is 6.42 Å². The number of hydrogen-bond acceptors (Lipinski definition) is 3. The van der Waals surface area contributed by atoms with Gasteiger partial charge in [0.25, 0.3) is 0 Å². The Bertz CT molecular complexity index is 390. The maximum absolute atomic E-state index is 11.9. The lowest BCUT2D eigenvalue weighted by atomic mass is 9.89. The Balaban J connectivity index is 2.27. The average molecular weight is 312 g/mol. The summed E-state index contributed by atoms with van der Waals surface area (Å²) in [4.78, 5) is 34.7. The van der Waals surface area contributed by atoms with Gasteiger partial charge in [0.15, 0.2) is 0 Å². The van der Waals surface area contributed by atoms with Gasteiger partial charge in [0.05, 0.1) is 12.5 Å². The third-order valence-electron chi connectivity index (χ3n) is 4.05. The molecule has 1 saturated carbocycles. The molecule has 0 radical (unpaired) electrons. The molecule has 6 nitrogen and oxygen atoms in total. The fraction of sp³-hybridized carbons (Fsp3) is 0.812. The van der Waals surface area contributed by atoms with Crippen molar-refractivity contribution >= 4 is 17.8 Å². The molecule has 0 aliphatic heterocycles. The smallest absolute Gasteiger partial charge is 0.308 e. The summed E-state index contributed by atoms with van der Waals surface area (Å²) in [6.45, 7) is 3.92. The van der Waals surface area contributed by atoms with Gasteiger partial charge in [-0.05, 0) is 25.2 Å². The highest BCUT2D eigenvalue weighted by Crippen LogP contribution is 2.23. The van der Waals surface area contributed by atoms with Gasteiger partial charge in [0.1, 0.15) is 0 Å². The standard InChI is InChI=1S/C16H28N2O4/c1-11(2)8-13(16(21)22)9-17-14(19)10-18-15(20)12-6-4-3-5-7-12/h11-13H,3-10H2,1-2H3,(H,17,19)(H,18,20)(H,21,22). The minimum Gasteiger partial charge on any atom is -0.481 e. The van der Waals surface area contributed by atoms with Crippen LogP contribution in [0.3, 0.4) is 0 Å². The molecule has 0 heterocycles. The van der Waals surface area contributed by atoms with Gasteiger partial charge < -0.3 is 15.7 Å². The number of nitrogens with one attached hydrogen (secondary N) is 2. The molecule has 1 fully saturated rings. The molecular weight excluding hydrogens is 284 g/mol. The first-order valence-corrected chi connectivity index (χ1v) is 8.17. The Morgan fingerprint density at radius 1 is 1.09 bits per heavy atom. The van der Waals surface area contributed by atoms with Gasteiger partial charge >= 0.3 is 5.97 Å². The van der Waals surface area contributed by atoms with Gasteiger partial charge in [-0.15, -0.1) is 0 Å². The van der Waals surface area contributed by atoms with E-state index in [0.29, 0.717) is 6.42 Å². The highest BCUT2D eigenvalue weighted by molar-refractivity contribution is 5.86. The molecule has 0 saturated heterocycles. The van der Waals surface area contributed by atoms with Crippen molar-refractivity contribution in [1.29, 1.82) is 0 Å². The van der Waals surface area contributed by atoms with Crippen LogP contribution in [0.1, 0.15) is 52.4 Å². The van der Waals surface area contributed by atoms with Crippen LogP contribution in [0.25, 0.3) is 0 Å². The number of carboxylic acids is 1. The third kappa shape index (κ3) is 6.91. The summed E-state index contributed by atoms with van der Waals surface area (Å²) in [5.74, 6) is -1.61. The zero-order valence-electron chi connectivity index (χ0n) is 13.6. The van der Waals surface area contributed by atoms with E-state index in [0.717, 1.165) is 25.7 Å². The second kappa shape index (κ2) is 9.43. The minimum atomic E-state index is -0.903. The fourth-order valence-corrected chi connectivity index (χ4v) is 2.82. The summed E-state index contributed by atoms with van der Waals surface area (Å²) in [5.41, 5.74) is 0. The predicted molar refractivity (Wildman–Crippen MR) is 83.2 cm³/mol. The molecular formula is C16H28N2O4. The van der Waals surface area contributed by atoms with Crippen molar-refractivity contribution in [1.82, 2.24) is 10.6 Å². The Kier molecular flexibility index (Phi) is 7.91. The molecule has 1 atom stereocenters. The van der Waals surface area contributed by atoms with E-state index >= 15 is 0 Å². The molecule has 22 heavy (non-hydrogen) atoms. The second-order valence-electron chi connectivity index (χ2n) is 6.52. The van der Waals surface area contributed by atoms with Gasteiger partial charge in [-0.3, -0.25) is 14.4 Å². The molecule has 126 valence electrons. The molecule has 0 aromatic carbocycles. The Morgan fingerprint density at radius 3 is 2.27 bits per heavy atom. The summed E-state index contributed by atoms with van der Waals surface area (Å²) in [5, 5.41) is 14.3. The van der Waals surface area contributed by atoms with Crippen LogP contribution in [0.15, 0.2) is 0 Å². The predicted octanol–water partition coefficient (Wildman–Crippen LogP) is 1.55. The number of carbonyl (C=O) groups is 3. The number of carbonyl (C=O) groups excluding carboxylic acids is 2. The molecule has 1 unspecified atom stereocenters. The molecule has 1 aliphatic carbocycles. The highest BCUT2D eigenvalue weighted by Gasteiger charge is 2.22. The lowest BCUT2D eigenvalue weighted by molar-refractivity contribution is -0.142. The summed E-state index contributed by atoms with van der Waals surface area (Å²) in [7, 11) is 0. The Morgan fingerprint density at radius 2 is 1.73 bits per heavy atom. The largest absolute Gasteiger partial charge is 0.481 e. The van der Waals surface area contributed by atoms with Crippen molar-refractivity contribution in [2.45, 2.75) is 52.4 Å². The van der Waals surface area contributed by atoms with Crippen LogP contribution in [0.4, 0.5) is 0 Å². The van der Waals surface area contributed by atoms with Crippen molar-refractivity contribution in [3.8, 4) is 0 Å². The molecule has 0 spiro atoms. The Hall–Kier alpha value is -1.59. The quantitative estimate of drug-likeness (QED) is 0.633. The maximum Gasteiger partial charge on any atom is 0.308 e. The van der Waals surface area contributed by atoms with Crippen LogP contribution in [0.2, 0.25) is 0 Å². The molecule has 3 N–H and O–H groups in total. The SMILES string of the molecule is CC(C)CC(CNC(=O)CNC(=O)C1CCCCC1)C(=O)O. The molecule has 0 bridgehead atoms. The van der Waals surface area contributed by atoms with Crippen LogP contribution >= 0.6 is 0 Å². The molecule has 1 aliphatic rings. The first kappa shape index (κ1) is 18.5. The van der Waals surface area contributed by atoms with Crippen molar-refractivity contribution in [3.63, 3.8) is 0 Å². The average Bonchev–Trinajstić information content (AvgIpc) is 2.49. The van der Waals surface area contributed by atoms with E-state index in [2.05, 4.69) is 10.6 Å². The van der Waals surface area contributed by atoms with E-state index in [1.54, 1.807) is 0 Å². The lowest BCUT2D eigenvalue weighted by Gasteiger charge is -2.20. The first-order chi connectivity index (χ1) is 10.4. The van der Waals surface area contributed by atoms with Crippen molar-refractivity contribution in [2.24, 2.45) is 17.8 Å². The van der Waals surface area contributed by atoms with Crippen LogP contribution in [-0.2, 0) is 14.4 Å². The first-order valence-electron chi connectivity index (χ1n) is 8.17. The molecule has 6 heteroatoms. The van der Waals surface area contributed by atoms with Crippen molar-refractivity contribution in [3.05, 3.63) is 0 Å². The van der Waals surface area contributed by atoms with Crippen molar-refractivity contribution in [2.75, 3.05) is 13.1 Å². The topological polar surface area (TPSA) is 95.5 Å². The van der Waals surface area contributed by atoms with E-state index in [9.17, 15) is 14.4 Å². The third-order valence-corrected chi connectivity index (χ3v) is 4.05. The van der Waals surface area contributed by atoms with Gasteiger partial charge in [-0.1, -0.05) is 33.1 Å². The van der Waals surface area contributed by atoms with Crippen LogP contribution in [0.5, 0.6) is 0 Å². The van der Waals surface area contributed by atoms with E-state index < -0.39 is 11.9 Å². The van der Waals surface area contributed by atoms with Crippen LogP contribution in [-0.4, -0.2) is 36.0 Å². The summed E-state index contributed by atoms with van der Waals surface area (Å²) >= 11 is 0. The minimum absolute atomic E-state index is 0.0225. The van der Waals surface area contributed by atoms with Gasteiger partial charge in [-0.25, -0.2) is 0 Å². The summed E-state index contributed by atoms with van der Waals surface area (Å²) in [6.07, 6.45) is 5.62. The number of carboxylic acid groups (broad SMARTS) is 1. The number of aliphatic carboxylic acids is 1. The van der Waals surface area contributed by atoms with Crippen molar-refractivity contribution < 1.29 is 19.5 Å². The molecule has 2 amide bonds. The number of rotatable bonds is 8. The van der Waals surface area contributed by atoms with Gasteiger partial charge in [0, 0.05) is 12.5 Å². The number of amides is 2. The molecule has 0 aromatic rings. The zero-order chi connectivity index (χ0) is 16.5. The lowest BCUT2D eigenvalue weighted by Crippen LogP contribution is -2.42. The zero-order valence-corrected chi connectivity index (χ0v) is 13.6. The molecule has 0 aromatic heterocycles. The fourth-order valence-electron chi connectivity index (χ4n) is 2.82. The number of hydrogen-bond donors (Lipinski definition) is 3. The Labute approximate surface area is 132 Å². The highest BCUT2D eigenvalue weighted by atomic mass is 16.4. The van der Waals surface area contributed by atoms with Gasteiger partial charge in [0.2, 0.25) is 11.8 Å². The van der Waals surface area contributed by atoms with E-state index in [1.807, 2.05) is 13.8 Å². The molecule has 1 rings (SSSR count). The van der Waals surface area contributed by atoms with Crippen LogP contribution in [0, 0.1) is 17.8 Å². The van der Waals surface area contributed by atoms with E-state index in [-0.39, 0.29) is 36.7 Å². The van der Waals surface area contributed by atoms with Gasteiger partial charge in [-0.2, -0.15) is 0 Å². The monoisotopic (exact) mass is 312 g/mol. The summed E-state index contributed by atoms with van der Waals surface area (Å²) < 4.78 is 0. The summed E-state index contributed by atoms with van der Waals surface area (Å²) in [6, 6.07) is 0. The normalized spacial score (nSPS) is 17.0. The second-order valence-corrected chi connectivity index (χ2v) is 6.52. The van der Waals surface area contributed by atoms with Crippen LogP contribution < -0.4 is 10.6 Å². The maximum atomic E-state index is 11.9. The van der Waals surface area contributed by atoms with E-state index in [4.69, 9.17) is 5.11 Å².